The summed E-state index contributed by atoms with van der Waals surface area (Å²) in [5, 5.41) is 4.67. The molecule has 0 spiro atoms. The Morgan fingerprint density at radius 3 is 2.63 bits per heavy atom. The molecule has 6 nitrogen and oxygen atoms in total. The fourth-order valence-electron chi connectivity index (χ4n) is 4.25. The Morgan fingerprint density at radius 1 is 1.07 bits per heavy atom. The van der Waals surface area contributed by atoms with Crippen molar-refractivity contribution >= 4 is 0 Å². The lowest BCUT2D eigenvalue weighted by Gasteiger charge is -2.32. The highest BCUT2D eigenvalue weighted by atomic mass is 16.1. The van der Waals surface area contributed by atoms with Crippen molar-refractivity contribution in [3.8, 4) is 0 Å². The lowest BCUT2D eigenvalue weighted by molar-refractivity contribution is 0.163. The molecule has 4 rings (SSSR count). The average Bonchev–Trinajstić information content (AvgIpc) is 2.67. The SMILES string of the molecule is Cn1ccc(CN2CCC(Cn3nc4c(cc3=O)CCCC4)CC2)cc1=O. The van der Waals surface area contributed by atoms with Crippen LogP contribution in [0, 0.1) is 5.92 Å². The Balaban J connectivity index is 1.35. The van der Waals surface area contributed by atoms with Crippen LogP contribution in [0.4, 0.5) is 0 Å². The van der Waals surface area contributed by atoms with Gasteiger partial charge in [0.05, 0.1) is 5.69 Å². The van der Waals surface area contributed by atoms with Crippen LogP contribution in [0.2, 0.25) is 0 Å². The second-order valence-corrected chi connectivity index (χ2v) is 8.05. The predicted octanol–water partition coefficient (Wildman–Crippen LogP) is 1.73. The number of pyridine rings is 1. The van der Waals surface area contributed by atoms with E-state index in [-0.39, 0.29) is 11.1 Å². The minimum Gasteiger partial charge on any atom is -0.319 e. The van der Waals surface area contributed by atoms with Crippen LogP contribution >= 0.6 is 0 Å². The first-order valence-electron chi connectivity index (χ1n) is 10.1. The smallest absolute Gasteiger partial charge is 0.267 e. The van der Waals surface area contributed by atoms with E-state index >= 15 is 0 Å². The number of likely N-dealkylation sites (tertiary alicyclic amines) is 1. The zero-order valence-corrected chi connectivity index (χ0v) is 16.1. The predicted molar refractivity (Wildman–Crippen MR) is 105 cm³/mol. The third-order valence-electron chi connectivity index (χ3n) is 5.99. The molecule has 0 bridgehead atoms. The molecule has 27 heavy (non-hydrogen) atoms. The highest BCUT2D eigenvalue weighted by Crippen LogP contribution is 2.21. The van der Waals surface area contributed by atoms with E-state index in [4.69, 9.17) is 0 Å². The summed E-state index contributed by atoms with van der Waals surface area (Å²) >= 11 is 0. The number of nitrogens with zero attached hydrogens (tertiary/aromatic N) is 4. The topological polar surface area (TPSA) is 60.1 Å². The lowest BCUT2D eigenvalue weighted by Crippen LogP contribution is -2.37. The number of fused-ring (bicyclic) bond motifs is 1. The van der Waals surface area contributed by atoms with Gasteiger partial charge in [-0.1, -0.05) is 0 Å². The van der Waals surface area contributed by atoms with Crippen LogP contribution in [0.1, 0.15) is 42.5 Å². The zero-order valence-electron chi connectivity index (χ0n) is 16.1. The van der Waals surface area contributed by atoms with Gasteiger partial charge in [0.1, 0.15) is 0 Å². The molecule has 0 unspecified atom stereocenters. The molecule has 1 aliphatic carbocycles. The van der Waals surface area contributed by atoms with E-state index in [0.717, 1.165) is 68.7 Å². The number of piperidine rings is 1. The van der Waals surface area contributed by atoms with Gasteiger partial charge in [-0.15, -0.1) is 0 Å². The number of hydrogen-bond donors (Lipinski definition) is 0. The Bertz CT molecular complexity index is 923. The number of aromatic nitrogens is 3. The molecule has 1 aliphatic heterocycles. The van der Waals surface area contributed by atoms with Crippen molar-refractivity contribution in [1.82, 2.24) is 19.2 Å². The fraction of sp³-hybridized carbons (Fsp3) is 0.571. The summed E-state index contributed by atoms with van der Waals surface area (Å²) < 4.78 is 3.30. The van der Waals surface area contributed by atoms with Crippen molar-refractivity contribution in [2.75, 3.05) is 13.1 Å². The summed E-state index contributed by atoms with van der Waals surface area (Å²) in [6, 6.07) is 5.55. The Labute approximate surface area is 159 Å². The number of rotatable bonds is 4. The largest absolute Gasteiger partial charge is 0.319 e. The van der Waals surface area contributed by atoms with Crippen molar-refractivity contribution in [3.05, 3.63) is 61.9 Å². The summed E-state index contributed by atoms with van der Waals surface area (Å²) in [7, 11) is 1.77. The summed E-state index contributed by atoms with van der Waals surface area (Å²) in [5.41, 5.74) is 3.46. The van der Waals surface area contributed by atoms with Crippen molar-refractivity contribution in [2.45, 2.75) is 51.6 Å². The van der Waals surface area contributed by atoms with Gasteiger partial charge in [-0.2, -0.15) is 5.10 Å². The maximum atomic E-state index is 12.4. The van der Waals surface area contributed by atoms with Gasteiger partial charge < -0.3 is 4.57 Å². The standard InChI is InChI=1S/C21H28N4O2/c1-23-9-6-17(12-20(23)26)14-24-10-7-16(8-11-24)15-25-21(27)13-18-4-2-3-5-19(18)22-25/h6,9,12-13,16H,2-5,7-8,10-11,14-15H2,1H3. The second-order valence-electron chi connectivity index (χ2n) is 8.05. The Morgan fingerprint density at radius 2 is 1.85 bits per heavy atom. The molecule has 2 aliphatic rings. The Kier molecular flexibility index (Phi) is 5.25. The average molecular weight is 368 g/mol. The van der Waals surface area contributed by atoms with Gasteiger partial charge >= 0.3 is 0 Å². The maximum Gasteiger partial charge on any atom is 0.267 e. The van der Waals surface area contributed by atoms with E-state index < -0.39 is 0 Å². The molecular weight excluding hydrogens is 340 g/mol. The van der Waals surface area contributed by atoms with Crippen LogP contribution in [0.3, 0.4) is 0 Å². The molecule has 0 atom stereocenters. The van der Waals surface area contributed by atoms with E-state index in [0.29, 0.717) is 5.92 Å². The molecule has 0 N–H and O–H groups in total. The number of aryl methyl sites for hydroxylation is 3. The summed E-state index contributed by atoms with van der Waals surface area (Å²) in [5.74, 6) is 0.497. The number of hydrogen-bond acceptors (Lipinski definition) is 4. The van der Waals surface area contributed by atoms with Gasteiger partial charge in [0.25, 0.3) is 11.1 Å². The van der Waals surface area contributed by atoms with Crippen molar-refractivity contribution in [3.63, 3.8) is 0 Å². The second kappa shape index (κ2) is 7.80. The van der Waals surface area contributed by atoms with Gasteiger partial charge in [0.2, 0.25) is 0 Å². The van der Waals surface area contributed by atoms with Crippen molar-refractivity contribution in [2.24, 2.45) is 13.0 Å². The first kappa shape index (κ1) is 18.2. The third kappa shape index (κ3) is 4.21. The molecule has 3 heterocycles. The summed E-state index contributed by atoms with van der Waals surface area (Å²) in [6.45, 7) is 3.55. The first-order valence-corrected chi connectivity index (χ1v) is 10.1. The van der Waals surface area contributed by atoms with Crippen molar-refractivity contribution < 1.29 is 0 Å². The minimum atomic E-state index is 0.0419. The van der Waals surface area contributed by atoms with E-state index in [2.05, 4.69) is 10.00 Å². The van der Waals surface area contributed by atoms with Gasteiger partial charge in [0.15, 0.2) is 0 Å². The van der Waals surface area contributed by atoms with E-state index in [1.807, 2.05) is 18.3 Å². The van der Waals surface area contributed by atoms with Gasteiger partial charge in [-0.05, 0) is 74.7 Å². The third-order valence-corrected chi connectivity index (χ3v) is 5.99. The van der Waals surface area contributed by atoms with Gasteiger partial charge in [-0.25, -0.2) is 4.68 Å². The molecule has 0 radical (unpaired) electrons. The van der Waals surface area contributed by atoms with Crippen LogP contribution in [-0.2, 0) is 33.0 Å². The van der Waals surface area contributed by atoms with E-state index in [9.17, 15) is 9.59 Å². The Hall–Kier alpha value is -2.21. The lowest BCUT2D eigenvalue weighted by atomic mass is 9.95. The normalized spacial score (nSPS) is 18.4. The van der Waals surface area contributed by atoms with E-state index in [1.165, 1.54) is 12.8 Å². The fourth-order valence-corrected chi connectivity index (χ4v) is 4.25. The minimum absolute atomic E-state index is 0.0419. The van der Waals surface area contributed by atoms with Gasteiger partial charge in [0, 0.05) is 38.5 Å². The monoisotopic (exact) mass is 368 g/mol. The molecule has 6 heteroatoms. The molecule has 2 aromatic rings. The molecule has 1 fully saturated rings. The zero-order chi connectivity index (χ0) is 18.8. The van der Waals surface area contributed by atoms with Crippen molar-refractivity contribution in [1.29, 1.82) is 0 Å². The quantitative estimate of drug-likeness (QED) is 0.825. The highest BCUT2D eigenvalue weighted by Gasteiger charge is 2.21. The van der Waals surface area contributed by atoms with Crippen LogP contribution < -0.4 is 11.1 Å². The van der Waals surface area contributed by atoms with Crippen LogP contribution in [-0.4, -0.2) is 32.3 Å². The van der Waals surface area contributed by atoms with Gasteiger partial charge in [-0.3, -0.25) is 14.5 Å². The van der Waals surface area contributed by atoms with Crippen LogP contribution in [0.15, 0.2) is 34.0 Å². The molecule has 0 saturated carbocycles. The molecule has 2 aromatic heterocycles. The maximum absolute atomic E-state index is 12.4. The molecule has 0 amide bonds. The van der Waals surface area contributed by atoms with Crippen LogP contribution in [0.5, 0.6) is 0 Å². The summed E-state index contributed by atoms with van der Waals surface area (Å²) in [6.07, 6.45) is 8.32. The summed E-state index contributed by atoms with van der Waals surface area (Å²) in [4.78, 5) is 26.6. The molecular formula is C21H28N4O2. The molecule has 144 valence electrons. The molecule has 1 saturated heterocycles. The van der Waals surface area contributed by atoms with E-state index in [1.54, 1.807) is 22.4 Å². The molecule has 0 aromatic carbocycles. The van der Waals surface area contributed by atoms with Crippen LogP contribution in [0.25, 0.3) is 0 Å². The highest BCUT2D eigenvalue weighted by molar-refractivity contribution is 5.20. The first-order chi connectivity index (χ1) is 13.1.